The summed E-state index contributed by atoms with van der Waals surface area (Å²) < 4.78 is 0. The van der Waals surface area contributed by atoms with Crippen LogP contribution in [-0.2, 0) is 35.2 Å². The van der Waals surface area contributed by atoms with Crippen LogP contribution in [0.15, 0.2) is 29.3 Å². The molecule has 13 N–H and O–H groups in total. The van der Waals surface area contributed by atoms with Gasteiger partial charge < -0.3 is 53.8 Å². The quantitative estimate of drug-likeness (QED) is 0.0443. The van der Waals surface area contributed by atoms with E-state index in [1.54, 1.807) is 26.0 Å². The Balaban J connectivity index is 3.05. The summed E-state index contributed by atoms with van der Waals surface area (Å²) in [5, 5.41) is 37.7. The van der Waals surface area contributed by atoms with Crippen LogP contribution in [0.5, 0.6) is 5.75 Å². The molecule has 0 saturated heterocycles. The molecule has 17 heteroatoms. The van der Waals surface area contributed by atoms with Crippen molar-refractivity contribution in [2.24, 2.45) is 28.1 Å². The van der Waals surface area contributed by atoms with E-state index >= 15 is 0 Å². The Hall–Kier alpha value is -4.93. The Morgan fingerprint density at radius 3 is 1.96 bits per heavy atom. The molecule has 1 aromatic rings. The fourth-order valence-electron chi connectivity index (χ4n) is 4.03. The molecule has 0 bridgehead atoms. The highest BCUT2D eigenvalue weighted by Gasteiger charge is 2.32. The number of carbonyl (C=O) groups is 6. The third-order valence-corrected chi connectivity index (χ3v) is 6.85. The van der Waals surface area contributed by atoms with Crippen LogP contribution < -0.4 is 38.5 Å². The summed E-state index contributed by atoms with van der Waals surface area (Å²) in [5.41, 5.74) is 17.3. The number of hydrogen-bond acceptors (Lipinski definition) is 9. The van der Waals surface area contributed by atoms with Crippen molar-refractivity contribution in [1.29, 1.82) is 0 Å². The number of aliphatic imine (C=N–C) groups is 1. The van der Waals surface area contributed by atoms with Crippen LogP contribution in [0.1, 0.15) is 52.0 Å². The van der Waals surface area contributed by atoms with Gasteiger partial charge in [-0.2, -0.15) is 0 Å². The summed E-state index contributed by atoms with van der Waals surface area (Å²) in [6.45, 7) is 4.75. The molecule has 45 heavy (non-hydrogen) atoms. The summed E-state index contributed by atoms with van der Waals surface area (Å²) in [4.78, 5) is 78.7. The molecule has 0 spiro atoms. The zero-order valence-corrected chi connectivity index (χ0v) is 25.5. The second-order valence-electron chi connectivity index (χ2n) is 10.6. The highest BCUT2D eigenvalue weighted by molar-refractivity contribution is 5.96. The molecule has 1 rings (SSSR count). The first-order valence-corrected chi connectivity index (χ1v) is 14.3. The van der Waals surface area contributed by atoms with Gasteiger partial charge in [-0.3, -0.25) is 29.0 Å². The highest BCUT2D eigenvalue weighted by Crippen LogP contribution is 2.12. The second-order valence-corrected chi connectivity index (χ2v) is 10.6. The maximum Gasteiger partial charge on any atom is 0.326 e. The molecule has 0 aliphatic carbocycles. The molecule has 17 nitrogen and oxygen atoms in total. The number of nitrogens with one attached hydrogen (secondary N) is 4. The van der Waals surface area contributed by atoms with Crippen LogP contribution in [0.2, 0.25) is 0 Å². The molecular weight excluding hydrogens is 592 g/mol. The average molecular weight is 637 g/mol. The second kappa shape index (κ2) is 18.7. The largest absolute Gasteiger partial charge is 0.508 e. The molecule has 1 aromatic carbocycles. The first-order chi connectivity index (χ1) is 21.0. The van der Waals surface area contributed by atoms with Gasteiger partial charge in [-0.15, -0.1) is 0 Å². The number of carbonyl (C=O) groups excluding carboxylic acids is 4. The molecule has 0 saturated carbocycles. The molecule has 0 radical (unpaired) electrons. The molecule has 6 atom stereocenters. The van der Waals surface area contributed by atoms with Crippen LogP contribution in [0, 0.1) is 5.92 Å². The lowest BCUT2D eigenvalue weighted by molar-refractivity contribution is -0.144. The van der Waals surface area contributed by atoms with E-state index in [4.69, 9.17) is 17.2 Å². The molecule has 0 unspecified atom stereocenters. The Labute approximate surface area is 260 Å². The van der Waals surface area contributed by atoms with Gasteiger partial charge >= 0.3 is 11.9 Å². The van der Waals surface area contributed by atoms with Crippen molar-refractivity contribution in [2.45, 2.75) is 83.1 Å². The summed E-state index contributed by atoms with van der Waals surface area (Å²) in [7, 11) is 0. The molecule has 250 valence electrons. The fraction of sp³-hybridized carbons (Fsp3) is 0.536. The van der Waals surface area contributed by atoms with E-state index in [1.807, 2.05) is 0 Å². The number of phenols is 1. The Bertz CT molecular complexity index is 1220. The molecule has 0 aromatic heterocycles. The highest BCUT2D eigenvalue weighted by atomic mass is 16.4. The Morgan fingerprint density at radius 2 is 1.42 bits per heavy atom. The number of benzene rings is 1. The van der Waals surface area contributed by atoms with E-state index in [0.717, 1.165) is 0 Å². The minimum Gasteiger partial charge on any atom is -0.508 e. The van der Waals surface area contributed by atoms with Gasteiger partial charge in [0.05, 0.1) is 12.5 Å². The van der Waals surface area contributed by atoms with Crippen molar-refractivity contribution in [2.75, 3.05) is 6.54 Å². The van der Waals surface area contributed by atoms with Crippen LogP contribution in [0.25, 0.3) is 0 Å². The average Bonchev–Trinajstić information content (AvgIpc) is 2.96. The predicted octanol–water partition coefficient (Wildman–Crippen LogP) is -2.12. The van der Waals surface area contributed by atoms with Gasteiger partial charge in [0.15, 0.2) is 5.96 Å². The van der Waals surface area contributed by atoms with Gasteiger partial charge in [0.1, 0.15) is 29.9 Å². The van der Waals surface area contributed by atoms with Crippen molar-refractivity contribution in [3.63, 3.8) is 0 Å². The Kier molecular flexibility index (Phi) is 15.8. The number of guanidine groups is 1. The number of phenolic OH excluding ortho intramolecular Hbond substituents is 1. The van der Waals surface area contributed by atoms with Crippen LogP contribution in [-0.4, -0.2) is 93.6 Å². The molecule has 0 fully saturated rings. The van der Waals surface area contributed by atoms with Crippen molar-refractivity contribution in [1.82, 2.24) is 21.3 Å². The SMILES string of the molecule is CC[C@H](C)[C@H](NC(=O)[C@H](C)NC(=O)[C@H](CC(=O)O)NC(=O)[C@@H](CCCN=C(N)N)NC(=O)[C@@H](N)Cc1ccc(O)cc1)C(=O)O. The summed E-state index contributed by atoms with van der Waals surface area (Å²) in [5.74, 6) is -6.77. The van der Waals surface area contributed by atoms with Crippen LogP contribution >= 0.6 is 0 Å². The molecular formula is C28H44N8O9. The maximum absolute atomic E-state index is 13.3. The smallest absolute Gasteiger partial charge is 0.326 e. The van der Waals surface area contributed by atoms with E-state index in [2.05, 4.69) is 26.3 Å². The lowest BCUT2D eigenvalue weighted by Gasteiger charge is -2.25. The molecule has 0 aliphatic heterocycles. The minimum atomic E-state index is -1.67. The van der Waals surface area contributed by atoms with Gasteiger partial charge in [-0.05, 0) is 49.8 Å². The number of hydrogen-bond donors (Lipinski definition) is 10. The summed E-state index contributed by atoms with van der Waals surface area (Å²) >= 11 is 0. The zero-order chi connectivity index (χ0) is 34.3. The fourth-order valence-corrected chi connectivity index (χ4v) is 4.03. The zero-order valence-electron chi connectivity index (χ0n) is 25.5. The third kappa shape index (κ3) is 13.9. The van der Waals surface area contributed by atoms with Gasteiger partial charge in [0.2, 0.25) is 23.6 Å². The van der Waals surface area contributed by atoms with E-state index < -0.39 is 78.1 Å². The van der Waals surface area contributed by atoms with Crippen molar-refractivity contribution in [3.05, 3.63) is 29.8 Å². The van der Waals surface area contributed by atoms with E-state index in [1.165, 1.54) is 19.1 Å². The predicted molar refractivity (Wildman–Crippen MR) is 162 cm³/mol. The minimum absolute atomic E-state index is 0.0211. The summed E-state index contributed by atoms with van der Waals surface area (Å²) in [6.07, 6.45) is -0.163. The number of amides is 4. The number of aliphatic carboxylic acids is 2. The number of carboxylic acid groups (broad SMARTS) is 2. The molecule has 4 amide bonds. The van der Waals surface area contributed by atoms with Crippen LogP contribution in [0.4, 0.5) is 0 Å². The standard InChI is InChI=1S/C28H44N8O9/c1-4-14(2)22(27(44)45)36-23(40)15(3)33-26(43)20(13-21(38)39)35-25(42)19(6-5-11-32-28(30)31)34-24(41)18(29)12-16-7-9-17(37)10-8-16/h7-10,14-15,18-20,22,37H,4-6,11-13,29H2,1-3H3,(H,33,43)(H,34,41)(H,35,42)(H,36,40)(H,38,39)(H,44,45)(H4,30,31,32)/t14-,15-,18-,19+,20-,22-/m0/s1. The number of aromatic hydroxyl groups is 1. The van der Waals surface area contributed by atoms with Gasteiger partial charge in [0.25, 0.3) is 0 Å². The first-order valence-electron chi connectivity index (χ1n) is 14.3. The third-order valence-electron chi connectivity index (χ3n) is 6.85. The number of carboxylic acids is 2. The first kappa shape index (κ1) is 38.1. The van der Waals surface area contributed by atoms with E-state index in [0.29, 0.717) is 12.0 Å². The van der Waals surface area contributed by atoms with Gasteiger partial charge in [-0.25, -0.2) is 4.79 Å². The van der Waals surface area contributed by atoms with Crippen LogP contribution in [0.3, 0.4) is 0 Å². The Morgan fingerprint density at radius 1 is 0.844 bits per heavy atom. The molecule has 0 aliphatic rings. The lowest BCUT2D eigenvalue weighted by Crippen LogP contribution is -2.58. The lowest BCUT2D eigenvalue weighted by atomic mass is 9.99. The van der Waals surface area contributed by atoms with Gasteiger partial charge in [0, 0.05) is 6.54 Å². The van der Waals surface area contributed by atoms with E-state index in [9.17, 15) is 44.1 Å². The number of nitrogens with zero attached hydrogens (tertiary/aromatic N) is 1. The van der Waals surface area contributed by atoms with Gasteiger partial charge in [-0.1, -0.05) is 32.4 Å². The van der Waals surface area contributed by atoms with Crippen molar-refractivity contribution in [3.8, 4) is 5.75 Å². The topological polar surface area (TPSA) is 302 Å². The normalized spacial score (nSPS) is 14.8. The van der Waals surface area contributed by atoms with Crippen molar-refractivity contribution >= 4 is 41.5 Å². The molecule has 0 heterocycles. The number of nitrogens with two attached hydrogens (primary N) is 3. The number of rotatable bonds is 19. The maximum atomic E-state index is 13.3. The monoisotopic (exact) mass is 636 g/mol. The van der Waals surface area contributed by atoms with Crippen molar-refractivity contribution < 1.29 is 44.1 Å². The van der Waals surface area contributed by atoms with E-state index in [-0.39, 0.29) is 37.5 Å². The summed E-state index contributed by atoms with van der Waals surface area (Å²) in [6, 6.07) is -0.570.